The first-order valence-corrected chi connectivity index (χ1v) is 10.6. The Labute approximate surface area is 171 Å². The summed E-state index contributed by atoms with van der Waals surface area (Å²) in [7, 11) is 0. The Morgan fingerprint density at radius 1 is 0.931 bits per heavy atom. The third-order valence-electron chi connectivity index (χ3n) is 5.96. The molecule has 0 spiro atoms. The Morgan fingerprint density at radius 3 is 2.34 bits per heavy atom. The van der Waals surface area contributed by atoms with Crippen molar-refractivity contribution < 1.29 is 9.52 Å². The van der Waals surface area contributed by atoms with Crippen LogP contribution in [0.2, 0.25) is 0 Å². The summed E-state index contributed by atoms with van der Waals surface area (Å²) in [5, 5.41) is 10.8. The molecular weight excluding hydrogens is 368 g/mol. The molecule has 0 bridgehead atoms. The Kier molecular flexibility index (Phi) is 6.46. The predicted molar refractivity (Wildman–Crippen MR) is 112 cm³/mol. The monoisotopic (exact) mass is 398 g/mol. The van der Waals surface area contributed by atoms with Gasteiger partial charge in [-0.05, 0) is 38.1 Å². The normalized spacial score (nSPS) is 19.2. The molecule has 0 aromatic carbocycles. The molecule has 7 nitrogen and oxygen atoms in total. The molecule has 2 aliphatic rings. The SMILES string of the molecule is O=c1occ(CN2CCCCCC2)c(O)c1CN1CCN(c2ccccn2)CC1. The summed E-state index contributed by atoms with van der Waals surface area (Å²) < 4.78 is 5.29. The van der Waals surface area contributed by atoms with Gasteiger partial charge in [-0.25, -0.2) is 9.78 Å². The number of likely N-dealkylation sites (tertiary alicyclic amines) is 1. The lowest BCUT2D eigenvalue weighted by molar-refractivity contribution is 0.238. The van der Waals surface area contributed by atoms with Crippen molar-refractivity contribution in [3.63, 3.8) is 0 Å². The molecule has 4 heterocycles. The van der Waals surface area contributed by atoms with Gasteiger partial charge in [-0.15, -0.1) is 0 Å². The van der Waals surface area contributed by atoms with Crippen molar-refractivity contribution in [1.29, 1.82) is 0 Å². The quantitative estimate of drug-likeness (QED) is 0.829. The highest BCUT2D eigenvalue weighted by Crippen LogP contribution is 2.24. The van der Waals surface area contributed by atoms with Crippen LogP contribution in [0.1, 0.15) is 36.8 Å². The molecule has 1 N–H and O–H groups in total. The van der Waals surface area contributed by atoms with E-state index in [0.717, 1.165) is 45.1 Å². The van der Waals surface area contributed by atoms with Gasteiger partial charge in [-0.3, -0.25) is 9.80 Å². The first-order valence-electron chi connectivity index (χ1n) is 10.6. The van der Waals surface area contributed by atoms with E-state index in [1.165, 1.54) is 31.9 Å². The standard InChI is InChI=1S/C22H30N4O3/c27-21-18(15-24-9-5-1-2-6-10-24)17-29-22(28)19(21)16-25-11-13-26(14-12-25)20-7-3-4-8-23-20/h3-4,7-8,17,27H,1-2,5-6,9-16H2. The molecule has 7 heteroatoms. The summed E-state index contributed by atoms with van der Waals surface area (Å²) in [4.78, 5) is 23.5. The number of pyridine rings is 1. The van der Waals surface area contributed by atoms with Gasteiger partial charge in [-0.2, -0.15) is 0 Å². The minimum absolute atomic E-state index is 0.109. The van der Waals surface area contributed by atoms with Crippen LogP contribution in [-0.4, -0.2) is 59.2 Å². The number of hydrogen-bond donors (Lipinski definition) is 1. The van der Waals surface area contributed by atoms with Crippen molar-refractivity contribution in [2.75, 3.05) is 44.2 Å². The van der Waals surface area contributed by atoms with Gasteiger partial charge in [0, 0.05) is 51.0 Å². The maximum Gasteiger partial charge on any atom is 0.343 e. The van der Waals surface area contributed by atoms with E-state index in [4.69, 9.17) is 4.42 Å². The number of rotatable bonds is 5. The van der Waals surface area contributed by atoms with E-state index in [9.17, 15) is 9.90 Å². The number of nitrogens with zero attached hydrogens (tertiary/aromatic N) is 4. The molecule has 0 radical (unpaired) electrons. The van der Waals surface area contributed by atoms with Crippen molar-refractivity contribution in [2.45, 2.75) is 38.8 Å². The molecule has 0 unspecified atom stereocenters. The Balaban J connectivity index is 1.40. The van der Waals surface area contributed by atoms with Gasteiger partial charge in [0.2, 0.25) is 0 Å². The van der Waals surface area contributed by atoms with E-state index in [0.29, 0.717) is 24.2 Å². The Morgan fingerprint density at radius 2 is 1.66 bits per heavy atom. The second-order valence-corrected chi connectivity index (χ2v) is 8.02. The van der Waals surface area contributed by atoms with Crippen molar-refractivity contribution in [1.82, 2.24) is 14.8 Å². The average molecular weight is 399 g/mol. The second kappa shape index (κ2) is 9.41. The van der Waals surface area contributed by atoms with Crippen LogP contribution in [0.5, 0.6) is 5.75 Å². The molecule has 4 rings (SSSR count). The van der Waals surface area contributed by atoms with Crippen molar-refractivity contribution in [3.8, 4) is 5.75 Å². The number of piperazine rings is 1. The molecule has 29 heavy (non-hydrogen) atoms. The third-order valence-corrected chi connectivity index (χ3v) is 5.96. The molecule has 2 saturated heterocycles. The van der Waals surface area contributed by atoms with E-state index in [1.54, 1.807) is 6.20 Å². The second-order valence-electron chi connectivity index (χ2n) is 8.02. The van der Waals surface area contributed by atoms with Gasteiger partial charge >= 0.3 is 5.63 Å². The third kappa shape index (κ3) is 4.97. The Hall–Kier alpha value is -2.38. The average Bonchev–Trinajstić information content (AvgIpc) is 3.03. The largest absolute Gasteiger partial charge is 0.507 e. The molecule has 2 aliphatic heterocycles. The van der Waals surface area contributed by atoms with Crippen molar-refractivity contribution in [2.24, 2.45) is 0 Å². The fourth-order valence-corrected chi connectivity index (χ4v) is 4.23. The zero-order chi connectivity index (χ0) is 20.1. The van der Waals surface area contributed by atoms with Gasteiger partial charge in [0.1, 0.15) is 17.8 Å². The first-order chi connectivity index (χ1) is 14.2. The van der Waals surface area contributed by atoms with Crippen LogP contribution in [0, 0.1) is 0 Å². The smallest absolute Gasteiger partial charge is 0.343 e. The van der Waals surface area contributed by atoms with Crippen LogP contribution >= 0.6 is 0 Å². The lowest BCUT2D eigenvalue weighted by atomic mass is 10.1. The minimum Gasteiger partial charge on any atom is -0.507 e. The molecule has 0 saturated carbocycles. The van der Waals surface area contributed by atoms with Crippen molar-refractivity contribution in [3.05, 3.63) is 52.2 Å². The summed E-state index contributed by atoms with van der Waals surface area (Å²) in [5.74, 6) is 1.09. The number of aromatic hydroxyl groups is 1. The summed E-state index contributed by atoms with van der Waals surface area (Å²) >= 11 is 0. The lowest BCUT2D eigenvalue weighted by Gasteiger charge is -2.35. The fraction of sp³-hybridized carbons (Fsp3) is 0.545. The van der Waals surface area contributed by atoms with Crippen LogP contribution < -0.4 is 10.5 Å². The number of aromatic nitrogens is 1. The summed E-state index contributed by atoms with van der Waals surface area (Å²) in [6, 6.07) is 5.93. The molecular formula is C22H30N4O3. The maximum absolute atomic E-state index is 12.3. The zero-order valence-electron chi connectivity index (χ0n) is 16.9. The van der Waals surface area contributed by atoms with Gasteiger partial charge in [-0.1, -0.05) is 18.9 Å². The summed E-state index contributed by atoms with van der Waals surface area (Å²) in [5.41, 5.74) is 0.659. The molecule has 0 atom stereocenters. The summed E-state index contributed by atoms with van der Waals surface area (Å²) in [6.45, 7) is 6.42. The van der Waals surface area contributed by atoms with Crippen LogP contribution in [0.3, 0.4) is 0 Å². The fourth-order valence-electron chi connectivity index (χ4n) is 4.23. The first kappa shape index (κ1) is 19.9. The topological polar surface area (TPSA) is 73.1 Å². The molecule has 2 fully saturated rings. The molecule has 2 aromatic heterocycles. The number of anilines is 1. The van der Waals surface area contributed by atoms with Crippen LogP contribution in [0.25, 0.3) is 0 Å². The maximum atomic E-state index is 12.3. The molecule has 0 amide bonds. The predicted octanol–water partition coefficient (Wildman–Crippen LogP) is 2.44. The van der Waals surface area contributed by atoms with Gasteiger partial charge < -0.3 is 14.4 Å². The van der Waals surface area contributed by atoms with Crippen LogP contribution in [0.4, 0.5) is 5.82 Å². The van der Waals surface area contributed by atoms with E-state index >= 15 is 0 Å². The highest BCUT2D eigenvalue weighted by Gasteiger charge is 2.22. The summed E-state index contributed by atoms with van der Waals surface area (Å²) in [6.07, 6.45) is 8.14. The molecule has 2 aromatic rings. The lowest BCUT2D eigenvalue weighted by Crippen LogP contribution is -2.46. The van der Waals surface area contributed by atoms with Gasteiger partial charge in [0.05, 0.1) is 5.56 Å². The molecule has 156 valence electrons. The van der Waals surface area contributed by atoms with Gasteiger partial charge in [0.15, 0.2) is 0 Å². The Bertz CT molecular complexity index is 839. The number of hydrogen-bond acceptors (Lipinski definition) is 7. The van der Waals surface area contributed by atoms with Crippen LogP contribution in [-0.2, 0) is 13.1 Å². The zero-order valence-corrected chi connectivity index (χ0v) is 16.9. The van der Waals surface area contributed by atoms with Crippen molar-refractivity contribution >= 4 is 5.82 Å². The highest BCUT2D eigenvalue weighted by molar-refractivity contribution is 5.39. The van der Waals surface area contributed by atoms with E-state index < -0.39 is 5.63 Å². The van der Waals surface area contributed by atoms with E-state index in [-0.39, 0.29) is 5.75 Å². The van der Waals surface area contributed by atoms with E-state index in [2.05, 4.69) is 19.7 Å². The molecule has 0 aliphatic carbocycles. The highest BCUT2D eigenvalue weighted by atomic mass is 16.4. The van der Waals surface area contributed by atoms with E-state index in [1.807, 2.05) is 18.2 Å². The van der Waals surface area contributed by atoms with Gasteiger partial charge in [0.25, 0.3) is 0 Å². The minimum atomic E-state index is -0.436. The van der Waals surface area contributed by atoms with Crippen LogP contribution in [0.15, 0.2) is 39.9 Å².